The van der Waals surface area contributed by atoms with Gasteiger partial charge in [-0.2, -0.15) is 4.98 Å². The van der Waals surface area contributed by atoms with E-state index in [9.17, 15) is 4.79 Å². The highest BCUT2D eigenvalue weighted by Crippen LogP contribution is 2.24. The summed E-state index contributed by atoms with van der Waals surface area (Å²) in [6, 6.07) is 3.33. The Morgan fingerprint density at radius 1 is 1.62 bits per heavy atom. The Kier molecular flexibility index (Phi) is 2.63. The molecule has 16 heavy (non-hydrogen) atoms. The normalized spacial score (nSPS) is 10.3. The Labute approximate surface area is 91.0 Å². The summed E-state index contributed by atoms with van der Waals surface area (Å²) < 4.78 is 14.9. The van der Waals surface area contributed by atoms with E-state index in [1.54, 1.807) is 19.1 Å². The first kappa shape index (κ1) is 10.3. The molecule has 0 aromatic carbocycles. The molecule has 2 N–H and O–H groups in total. The van der Waals surface area contributed by atoms with Crippen molar-refractivity contribution in [1.82, 2.24) is 4.98 Å². The third-order valence-electron chi connectivity index (χ3n) is 1.85. The first-order chi connectivity index (χ1) is 7.72. The van der Waals surface area contributed by atoms with Gasteiger partial charge in [0.05, 0.1) is 12.9 Å². The summed E-state index contributed by atoms with van der Waals surface area (Å²) in [6.07, 6.45) is 1.47. The molecule has 2 rings (SSSR count). The maximum Gasteiger partial charge on any atom is 0.362 e. The van der Waals surface area contributed by atoms with Gasteiger partial charge in [-0.05, 0) is 19.1 Å². The second-order valence-corrected chi connectivity index (χ2v) is 2.93. The van der Waals surface area contributed by atoms with Crippen LogP contribution in [0.4, 0.5) is 5.88 Å². The largest absolute Gasteiger partial charge is 0.461 e. The second-order valence-electron chi connectivity index (χ2n) is 2.93. The lowest BCUT2D eigenvalue weighted by Crippen LogP contribution is -2.07. The number of furan rings is 1. The van der Waals surface area contributed by atoms with E-state index in [1.807, 2.05) is 0 Å². The van der Waals surface area contributed by atoms with E-state index < -0.39 is 5.97 Å². The van der Waals surface area contributed by atoms with E-state index >= 15 is 0 Å². The fraction of sp³-hybridized carbons (Fsp3) is 0.200. The molecule has 0 amide bonds. The Balaban J connectivity index is 2.32. The van der Waals surface area contributed by atoms with Gasteiger partial charge in [0, 0.05) is 0 Å². The molecule has 0 saturated heterocycles. The van der Waals surface area contributed by atoms with Crippen LogP contribution in [0.2, 0.25) is 0 Å². The van der Waals surface area contributed by atoms with Gasteiger partial charge in [0.2, 0.25) is 11.6 Å². The van der Waals surface area contributed by atoms with Gasteiger partial charge in [0.15, 0.2) is 5.76 Å². The minimum Gasteiger partial charge on any atom is -0.461 e. The van der Waals surface area contributed by atoms with Gasteiger partial charge in [-0.3, -0.25) is 0 Å². The van der Waals surface area contributed by atoms with Crippen LogP contribution in [-0.4, -0.2) is 17.6 Å². The zero-order chi connectivity index (χ0) is 11.5. The number of ether oxygens (including phenoxy) is 1. The van der Waals surface area contributed by atoms with Crippen LogP contribution < -0.4 is 5.73 Å². The van der Waals surface area contributed by atoms with E-state index in [2.05, 4.69) is 4.98 Å². The number of nitrogens with zero attached hydrogens (tertiary/aromatic N) is 1. The third kappa shape index (κ3) is 1.77. The van der Waals surface area contributed by atoms with E-state index in [1.165, 1.54) is 6.26 Å². The number of rotatable bonds is 3. The number of nitrogens with two attached hydrogens (primary N) is 1. The number of nitrogen functional groups attached to an aromatic ring is 1. The SMILES string of the molecule is CCOC(=O)c1nc(-c2ccco2)oc1N. The molecule has 2 heterocycles. The van der Waals surface area contributed by atoms with Crippen molar-refractivity contribution in [2.45, 2.75) is 6.92 Å². The number of carbonyl (C=O) groups excluding carboxylic acids is 1. The van der Waals surface area contributed by atoms with Crippen LogP contribution in [-0.2, 0) is 4.74 Å². The fourth-order valence-electron chi connectivity index (χ4n) is 1.18. The van der Waals surface area contributed by atoms with Crippen LogP contribution in [0.25, 0.3) is 11.7 Å². The fourth-order valence-corrected chi connectivity index (χ4v) is 1.18. The monoisotopic (exact) mass is 222 g/mol. The molecule has 6 heteroatoms. The molecule has 0 atom stereocenters. The lowest BCUT2D eigenvalue weighted by Gasteiger charge is -1.96. The Morgan fingerprint density at radius 2 is 2.44 bits per heavy atom. The number of hydrogen-bond donors (Lipinski definition) is 1. The Morgan fingerprint density at radius 3 is 3.06 bits per heavy atom. The molecule has 0 saturated carbocycles. The minimum atomic E-state index is -0.610. The van der Waals surface area contributed by atoms with Gasteiger partial charge >= 0.3 is 5.97 Å². The maximum atomic E-state index is 11.4. The van der Waals surface area contributed by atoms with E-state index in [4.69, 9.17) is 19.3 Å². The van der Waals surface area contributed by atoms with Crippen molar-refractivity contribution in [3.63, 3.8) is 0 Å². The minimum absolute atomic E-state index is 0.0340. The predicted octanol–water partition coefficient (Wildman–Crippen LogP) is 1.69. The maximum absolute atomic E-state index is 11.4. The summed E-state index contributed by atoms with van der Waals surface area (Å²) in [7, 11) is 0. The van der Waals surface area contributed by atoms with E-state index in [0.717, 1.165) is 0 Å². The zero-order valence-electron chi connectivity index (χ0n) is 8.60. The van der Waals surface area contributed by atoms with E-state index in [0.29, 0.717) is 5.76 Å². The molecule has 0 spiro atoms. The van der Waals surface area contributed by atoms with Crippen molar-refractivity contribution in [2.75, 3.05) is 12.3 Å². The Bertz CT molecular complexity index is 487. The number of aromatic nitrogens is 1. The summed E-state index contributed by atoms with van der Waals surface area (Å²) in [5.74, 6) is -0.126. The topological polar surface area (TPSA) is 91.5 Å². The standard InChI is InChI=1S/C10H10N2O4/c1-2-14-10(13)7-8(11)16-9(12-7)6-4-3-5-15-6/h3-5H,2,11H2,1H3. The average Bonchev–Trinajstić information content (AvgIpc) is 2.86. The molecule has 84 valence electrons. The summed E-state index contributed by atoms with van der Waals surface area (Å²) in [6.45, 7) is 1.95. The molecule has 0 aliphatic rings. The number of anilines is 1. The Hall–Kier alpha value is -2.24. The van der Waals surface area contributed by atoms with Crippen molar-refractivity contribution < 1.29 is 18.4 Å². The number of esters is 1. The average molecular weight is 222 g/mol. The van der Waals surface area contributed by atoms with Crippen LogP contribution in [0.5, 0.6) is 0 Å². The molecule has 2 aromatic rings. The van der Waals surface area contributed by atoms with Crippen molar-refractivity contribution in [2.24, 2.45) is 0 Å². The number of carbonyl (C=O) groups is 1. The van der Waals surface area contributed by atoms with Crippen molar-refractivity contribution in [3.05, 3.63) is 24.1 Å². The summed E-state index contributed by atoms with van der Waals surface area (Å²) in [5.41, 5.74) is 5.47. The molecule has 2 aromatic heterocycles. The molecular formula is C10H10N2O4. The highest BCUT2D eigenvalue weighted by molar-refractivity contribution is 5.92. The summed E-state index contributed by atoms with van der Waals surface area (Å²) in [4.78, 5) is 15.3. The first-order valence-electron chi connectivity index (χ1n) is 4.69. The van der Waals surface area contributed by atoms with Gasteiger partial charge < -0.3 is 19.3 Å². The first-order valence-corrected chi connectivity index (χ1v) is 4.69. The lowest BCUT2D eigenvalue weighted by molar-refractivity contribution is 0.0521. The molecule has 6 nitrogen and oxygen atoms in total. The number of hydrogen-bond acceptors (Lipinski definition) is 6. The van der Waals surface area contributed by atoms with Crippen LogP contribution in [0, 0.1) is 0 Å². The molecule has 0 unspecified atom stereocenters. The highest BCUT2D eigenvalue weighted by Gasteiger charge is 2.20. The van der Waals surface area contributed by atoms with Crippen LogP contribution in [0.1, 0.15) is 17.4 Å². The van der Waals surface area contributed by atoms with Crippen LogP contribution in [0.15, 0.2) is 27.2 Å². The molecule has 0 fully saturated rings. The molecule has 0 bridgehead atoms. The van der Waals surface area contributed by atoms with Crippen LogP contribution >= 0.6 is 0 Å². The van der Waals surface area contributed by atoms with Crippen molar-refractivity contribution in [3.8, 4) is 11.7 Å². The van der Waals surface area contributed by atoms with Gasteiger partial charge in [-0.15, -0.1) is 0 Å². The molecular weight excluding hydrogens is 212 g/mol. The lowest BCUT2D eigenvalue weighted by atomic mass is 10.4. The highest BCUT2D eigenvalue weighted by atomic mass is 16.5. The molecule has 0 radical (unpaired) electrons. The van der Waals surface area contributed by atoms with Crippen molar-refractivity contribution in [1.29, 1.82) is 0 Å². The predicted molar refractivity (Wildman–Crippen MR) is 54.6 cm³/mol. The molecule has 0 aliphatic heterocycles. The number of oxazole rings is 1. The third-order valence-corrected chi connectivity index (χ3v) is 1.85. The van der Waals surface area contributed by atoms with Gasteiger partial charge in [0.1, 0.15) is 0 Å². The van der Waals surface area contributed by atoms with Gasteiger partial charge in [0.25, 0.3) is 5.89 Å². The molecule has 0 aliphatic carbocycles. The zero-order valence-corrected chi connectivity index (χ0v) is 8.60. The van der Waals surface area contributed by atoms with Crippen molar-refractivity contribution >= 4 is 11.9 Å². The summed E-state index contributed by atoms with van der Waals surface area (Å²) in [5, 5.41) is 0. The van der Waals surface area contributed by atoms with Crippen LogP contribution in [0.3, 0.4) is 0 Å². The van der Waals surface area contributed by atoms with E-state index in [-0.39, 0.29) is 24.1 Å². The summed E-state index contributed by atoms with van der Waals surface area (Å²) >= 11 is 0. The van der Waals surface area contributed by atoms with Gasteiger partial charge in [-0.1, -0.05) is 0 Å². The second kappa shape index (κ2) is 4.09. The van der Waals surface area contributed by atoms with Gasteiger partial charge in [-0.25, -0.2) is 4.79 Å². The smallest absolute Gasteiger partial charge is 0.362 e. The quantitative estimate of drug-likeness (QED) is 0.794.